The van der Waals surface area contributed by atoms with Gasteiger partial charge in [-0.2, -0.15) is 8.42 Å². The quantitative estimate of drug-likeness (QED) is 0.583. The maximum Gasteiger partial charge on any atom is 0.339 e. The molecule has 0 spiro atoms. The highest BCUT2D eigenvalue weighted by atomic mass is 32.2. The van der Waals surface area contributed by atoms with Gasteiger partial charge in [-0.25, -0.2) is 0 Å². The van der Waals surface area contributed by atoms with E-state index < -0.39 is 10.1 Å². The molecule has 1 fully saturated rings. The monoisotopic (exact) mass is 388 g/mol. The lowest BCUT2D eigenvalue weighted by molar-refractivity contribution is 0.486. The smallest absolute Gasteiger partial charge is 0.339 e. The molecule has 4 rings (SSSR count). The number of benzene rings is 3. The second-order valence-corrected chi connectivity index (χ2v) is 9.96. The molecular formula is C19H16O3S3. The summed E-state index contributed by atoms with van der Waals surface area (Å²) in [5, 5.41) is 1.87. The summed E-state index contributed by atoms with van der Waals surface area (Å²) in [6.07, 6.45) is 0. The predicted molar refractivity (Wildman–Crippen MR) is 106 cm³/mol. The number of rotatable bonds is 4. The summed E-state index contributed by atoms with van der Waals surface area (Å²) < 4.78 is 30.9. The van der Waals surface area contributed by atoms with Crippen molar-refractivity contribution in [2.75, 3.05) is 11.5 Å². The molecule has 1 aliphatic rings. The van der Waals surface area contributed by atoms with E-state index in [1.54, 1.807) is 30.3 Å². The van der Waals surface area contributed by atoms with Gasteiger partial charge < -0.3 is 4.18 Å². The zero-order valence-electron chi connectivity index (χ0n) is 13.3. The maximum atomic E-state index is 12.6. The van der Waals surface area contributed by atoms with Gasteiger partial charge in [0.25, 0.3) is 0 Å². The van der Waals surface area contributed by atoms with E-state index in [-0.39, 0.29) is 4.90 Å². The van der Waals surface area contributed by atoms with Gasteiger partial charge >= 0.3 is 10.1 Å². The molecule has 3 aromatic carbocycles. The minimum absolute atomic E-state index is 0.164. The summed E-state index contributed by atoms with van der Waals surface area (Å²) in [6, 6.07) is 20.0. The van der Waals surface area contributed by atoms with E-state index in [0.717, 1.165) is 22.3 Å². The van der Waals surface area contributed by atoms with E-state index >= 15 is 0 Å². The van der Waals surface area contributed by atoms with Crippen LogP contribution in [0.5, 0.6) is 5.75 Å². The van der Waals surface area contributed by atoms with Crippen molar-refractivity contribution in [3.8, 4) is 5.75 Å². The Morgan fingerprint density at radius 1 is 0.840 bits per heavy atom. The lowest BCUT2D eigenvalue weighted by Crippen LogP contribution is -2.09. The Kier molecular flexibility index (Phi) is 4.67. The van der Waals surface area contributed by atoms with Gasteiger partial charge in [0.05, 0.1) is 4.58 Å². The molecule has 0 N–H and O–H groups in total. The molecule has 6 heteroatoms. The first-order valence-corrected chi connectivity index (χ1v) is 11.4. The first-order chi connectivity index (χ1) is 12.1. The Morgan fingerprint density at radius 3 is 2.24 bits per heavy atom. The number of fused-ring (bicyclic) bond motifs is 1. The van der Waals surface area contributed by atoms with Gasteiger partial charge in [0.15, 0.2) is 0 Å². The minimum Gasteiger partial charge on any atom is -0.379 e. The lowest BCUT2D eigenvalue weighted by Gasteiger charge is -2.11. The second kappa shape index (κ2) is 6.94. The van der Waals surface area contributed by atoms with Gasteiger partial charge in [0.2, 0.25) is 0 Å². The number of thioether (sulfide) groups is 2. The SMILES string of the molecule is O=S(=O)(Oc1ccc(C2SCCS2)cc1)c1ccc2ccccc2c1. The fraction of sp³-hybridized carbons (Fsp3) is 0.158. The molecular weight excluding hydrogens is 372 g/mol. The van der Waals surface area contributed by atoms with Crippen LogP contribution in [0.25, 0.3) is 10.8 Å². The molecule has 3 nitrogen and oxygen atoms in total. The highest BCUT2D eigenvalue weighted by Crippen LogP contribution is 2.45. The van der Waals surface area contributed by atoms with Gasteiger partial charge in [-0.1, -0.05) is 42.5 Å². The third-order valence-electron chi connectivity index (χ3n) is 3.99. The molecule has 3 aromatic rings. The number of hydrogen-bond acceptors (Lipinski definition) is 5. The normalized spacial score (nSPS) is 15.5. The van der Waals surface area contributed by atoms with Crippen molar-refractivity contribution in [3.63, 3.8) is 0 Å². The van der Waals surface area contributed by atoms with Crippen molar-refractivity contribution in [1.29, 1.82) is 0 Å². The highest BCUT2D eigenvalue weighted by Gasteiger charge is 2.20. The van der Waals surface area contributed by atoms with Crippen LogP contribution in [0.3, 0.4) is 0 Å². The zero-order valence-corrected chi connectivity index (χ0v) is 15.7. The van der Waals surface area contributed by atoms with Gasteiger partial charge in [0.1, 0.15) is 10.6 Å². The summed E-state index contributed by atoms with van der Waals surface area (Å²) in [7, 11) is -3.85. The molecule has 1 aliphatic heterocycles. The van der Waals surface area contributed by atoms with E-state index in [1.165, 1.54) is 5.56 Å². The third kappa shape index (κ3) is 3.66. The average Bonchev–Trinajstić information content (AvgIpc) is 3.16. The molecule has 1 heterocycles. The molecule has 0 aromatic heterocycles. The van der Waals surface area contributed by atoms with Crippen LogP contribution in [-0.4, -0.2) is 19.9 Å². The zero-order chi connectivity index (χ0) is 17.3. The molecule has 0 bridgehead atoms. The van der Waals surface area contributed by atoms with E-state index in [2.05, 4.69) is 0 Å². The molecule has 0 aliphatic carbocycles. The summed E-state index contributed by atoms with van der Waals surface area (Å²) in [5.74, 6) is 2.65. The summed E-state index contributed by atoms with van der Waals surface area (Å²) in [5.41, 5.74) is 1.20. The van der Waals surface area contributed by atoms with E-state index in [4.69, 9.17) is 4.18 Å². The maximum absolute atomic E-state index is 12.6. The Morgan fingerprint density at radius 2 is 1.52 bits per heavy atom. The summed E-state index contributed by atoms with van der Waals surface area (Å²) in [6.45, 7) is 0. The van der Waals surface area contributed by atoms with Crippen LogP contribution in [0.2, 0.25) is 0 Å². The van der Waals surface area contributed by atoms with Crippen molar-refractivity contribution in [2.24, 2.45) is 0 Å². The third-order valence-corrected chi connectivity index (χ3v) is 8.34. The molecule has 0 unspecified atom stereocenters. The second-order valence-electron chi connectivity index (χ2n) is 5.69. The van der Waals surface area contributed by atoms with Gasteiger partial charge in [-0.15, -0.1) is 23.5 Å². The lowest BCUT2D eigenvalue weighted by atomic mass is 10.1. The van der Waals surface area contributed by atoms with E-state index in [1.807, 2.05) is 59.9 Å². The Bertz CT molecular complexity index is 992. The summed E-state index contributed by atoms with van der Waals surface area (Å²) >= 11 is 3.83. The first-order valence-electron chi connectivity index (χ1n) is 7.88. The van der Waals surface area contributed by atoms with Crippen LogP contribution in [0.1, 0.15) is 10.1 Å². The predicted octanol–water partition coefficient (Wildman–Crippen LogP) is 5.09. The van der Waals surface area contributed by atoms with Gasteiger partial charge in [-0.3, -0.25) is 0 Å². The van der Waals surface area contributed by atoms with E-state index in [0.29, 0.717) is 10.3 Å². The van der Waals surface area contributed by atoms with Crippen LogP contribution in [0, 0.1) is 0 Å². The largest absolute Gasteiger partial charge is 0.379 e. The van der Waals surface area contributed by atoms with Crippen molar-refractivity contribution in [3.05, 3.63) is 72.3 Å². The van der Waals surface area contributed by atoms with Crippen LogP contribution in [0.15, 0.2) is 71.6 Å². The minimum atomic E-state index is -3.85. The summed E-state index contributed by atoms with van der Waals surface area (Å²) in [4.78, 5) is 0.164. The van der Waals surface area contributed by atoms with Crippen molar-refractivity contribution in [1.82, 2.24) is 0 Å². The van der Waals surface area contributed by atoms with Gasteiger partial charge in [0, 0.05) is 11.5 Å². The highest BCUT2D eigenvalue weighted by molar-refractivity contribution is 8.19. The number of hydrogen-bond donors (Lipinski definition) is 0. The first kappa shape index (κ1) is 16.8. The average molecular weight is 389 g/mol. The fourth-order valence-electron chi connectivity index (χ4n) is 2.73. The van der Waals surface area contributed by atoms with Crippen molar-refractivity contribution < 1.29 is 12.6 Å². The van der Waals surface area contributed by atoms with Crippen LogP contribution in [0.4, 0.5) is 0 Å². The molecule has 1 saturated heterocycles. The fourth-order valence-corrected chi connectivity index (χ4v) is 6.56. The topological polar surface area (TPSA) is 43.4 Å². The molecule has 128 valence electrons. The molecule has 0 atom stereocenters. The molecule has 0 saturated carbocycles. The van der Waals surface area contributed by atoms with Crippen molar-refractivity contribution >= 4 is 44.4 Å². The molecule has 0 amide bonds. The molecule has 25 heavy (non-hydrogen) atoms. The Hall–Kier alpha value is -1.63. The van der Waals surface area contributed by atoms with Crippen LogP contribution < -0.4 is 4.18 Å². The molecule has 0 radical (unpaired) electrons. The van der Waals surface area contributed by atoms with Crippen LogP contribution >= 0.6 is 23.5 Å². The van der Waals surface area contributed by atoms with E-state index in [9.17, 15) is 8.42 Å². The van der Waals surface area contributed by atoms with Crippen LogP contribution in [-0.2, 0) is 10.1 Å². The Labute approximate surface area is 155 Å². The Balaban J connectivity index is 1.57. The van der Waals surface area contributed by atoms with Crippen molar-refractivity contribution in [2.45, 2.75) is 9.48 Å². The standard InChI is InChI=1S/C19H16O3S3/c20-25(21,18-10-7-14-3-1-2-4-16(14)13-18)22-17-8-5-15(6-9-17)19-23-11-12-24-19/h1-10,13,19H,11-12H2. The van der Waals surface area contributed by atoms with Gasteiger partial charge in [-0.05, 0) is 40.6 Å².